The molecule has 0 aliphatic heterocycles. The van der Waals surface area contributed by atoms with Gasteiger partial charge in [0.1, 0.15) is 5.58 Å². The van der Waals surface area contributed by atoms with Crippen molar-refractivity contribution in [1.82, 2.24) is 4.98 Å². The number of ether oxygens (including phenoxy) is 1. The summed E-state index contributed by atoms with van der Waals surface area (Å²) in [7, 11) is 0. The van der Waals surface area contributed by atoms with Crippen LogP contribution >= 0.6 is 0 Å². The molecule has 2 aromatic heterocycles. The number of fused-ring (bicyclic) bond motifs is 2. The van der Waals surface area contributed by atoms with E-state index in [4.69, 9.17) is 9.15 Å². The molecule has 0 fully saturated rings. The van der Waals surface area contributed by atoms with Crippen molar-refractivity contribution in [2.45, 2.75) is 40.0 Å². The number of hydrogen-bond donors (Lipinski definition) is 1. The third kappa shape index (κ3) is 3.99. The first-order valence-corrected chi connectivity index (χ1v) is 9.68. The molecule has 1 N–H and O–H groups in total. The highest BCUT2D eigenvalue weighted by molar-refractivity contribution is 5.96. The van der Waals surface area contributed by atoms with E-state index in [2.05, 4.69) is 4.98 Å². The van der Waals surface area contributed by atoms with Gasteiger partial charge in [0.25, 0.3) is 0 Å². The van der Waals surface area contributed by atoms with Crippen LogP contribution in [-0.4, -0.2) is 28.6 Å². The first-order chi connectivity index (χ1) is 13.9. The number of aryl methyl sites for hydroxylation is 1. The Kier molecular flexibility index (Phi) is 5.96. The molecule has 0 bridgehead atoms. The second kappa shape index (κ2) is 8.43. The van der Waals surface area contributed by atoms with Crippen LogP contribution in [0.1, 0.15) is 48.8 Å². The van der Waals surface area contributed by atoms with Gasteiger partial charge in [-0.3, -0.25) is 9.59 Å². The van der Waals surface area contributed by atoms with Crippen LogP contribution in [-0.2, 0) is 22.4 Å². The van der Waals surface area contributed by atoms with Gasteiger partial charge < -0.3 is 14.3 Å². The Hall–Kier alpha value is -3.22. The van der Waals surface area contributed by atoms with Crippen molar-refractivity contribution in [2.24, 2.45) is 5.92 Å². The van der Waals surface area contributed by atoms with Gasteiger partial charge in [-0.2, -0.15) is 0 Å². The van der Waals surface area contributed by atoms with Gasteiger partial charge >= 0.3 is 11.9 Å². The zero-order chi connectivity index (χ0) is 21.1. The van der Waals surface area contributed by atoms with Crippen molar-refractivity contribution in [2.75, 3.05) is 6.61 Å². The molecule has 2 heterocycles. The fourth-order valence-electron chi connectivity index (χ4n) is 3.27. The summed E-state index contributed by atoms with van der Waals surface area (Å²) in [5.74, 6) is -2.33. The van der Waals surface area contributed by atoms with Crippen molar-refractivity contribution >= 4 is 34.0 Å². The largest absolute Gasteiger partial charge is 0.481 e. The highest BCUT2D eigenvalue weighted by atomic mass is 16.5. The van der Waals surface area contributed by atoms with Crippen LogP contribution in [0.2, 0.25) is 0 Å². The lowest BCUT2D eigenvalue weighted by atomic mass is 9.97. The van der Waals surface area contributed by atoms with Crippen molar-refractivity contribution in [3.63, 3.8) is 0 Å². The quantitative estimate of drug-likeness (QED) is 0.478. The summed E-state index contributed by atoms with van der Waals surface area (Å²) in [5, 5.41) is 9.98. The number of rotatable bonds is 7. The Labute approximate surface area is 167 Å². The van der Waals surface area contributed by atoms with Gasteiger partial charge in [-0.1, -0.05) is 19.9 Å². The lowest BCUT2D eigenvalue weighted by Crippen LogP contribution is -2.19. The molecule has 0 saturated carbocycles. The number of pyridine rings is 1. The monoisotopic (exact) mass is 397 g/mol. The molecule has 7 nitrogen and oxygen atoms in total. The summed E-state index contributed by atoms with van der Waals surface area (Å²) in [4.78, 5) is 41.4. The van der Waals surface area contributed by atoms with Gasteiger partial charge in [0.15, 0.2) is 0 Å². The molecule has 0 aliphatic carbocycles. The molecule has 0 radical (unpaired) electrons. The Morgan fingerprint density at radius 3 is 2.55 bits per heavy atom. The third-order valence-corrected chi connectivity index (χ3v) is 4.99. The lowest BCUT2D eigenvalue weighted by molar-refractivity contribution is -0.141. The van der Waals surface area contributed by atoms with E-state index in [0.29, 0.717) is 17.4 Å². The van der Waals surface area contributed by atoms with Gasteiger partial charge in [-0.05, 0) is 43.5 Å². The Bertz CT molecular complexity index is 1150. The van der Waals surface area contributed by atoms with E-state index in [0.717, 1.165) is 12.0 Å². The second-order valence-electron chi connectivity index (χ2n) is 6.82. The number of aliphatic carboxylic acids is 1. The van der Waals surface area contributed by atoms with E-state index in [-0.39, 0.29) is 40.8 Å². The van der Waals surface area contributed by atoms with Crippen molar-refractivity contribution in [1.29, 1.82) is 0 Å². The fourth-order valence-corrected chi connectivity index (χ4v) is 3.27. The van der Waals surface area contributed by atoms with E-state index in [1.165, 1.54) is 6.07 Å². The van der Waals surface area contributed by atoms with Crippen molar-refractivity contribution < 1.29 is 23.8 Å². The van der Waals surface area contributed by atoms with Gasteiger partial charge in [0.05, 0.1) is 34.6 Å². The molecule has 7 heteroatoms. The average Bonchev–Trinajstić information content (AvgIpc) is 2.71. The third-order valence-electron chi connectivity index (χ3n) is 4.99. The average molecular weight is 397 g/mol. The van der Waals surface area contributed by atoms with Crippen LogP contribution in [0.4, 0.5) is 0 Å². The van der Waals surface area contributed by atoms with Gasteiger partial charge in [-0.15, -0.1) is 0 Å². The van der Waals surface area contributed by atoms with E-state index in [1.54, 1.807) is 26.0 Å². The summed E-state index contributed by atoms with van der Waals surface area (Å²) in [6.07, 6.45) is 1.18. The van der Waals surface area contributed by atoms with Crippen molar-refractivity contribution in [3.05, 3.63) is 51.3 Å². The summed E-state index contributed by atoms with van der Waals surface area (Å²) in [6, 6.07) is 6.79. The number of esters is 1. The molecule has 152 valence electrons. The molecule has 3 rings (SSSR count). The number of nitrogens with zero attached hydrogens (tertiary/aromatic N) is 1. The molecular formula is C22H23NO6. The lowest BCUT2D eigenvalue weighted by Gasteiger charge is -2.13. The van der Waals surface area contributed by atoms with Gasteiger partial charge in [0.2, 0.25) is 11.1 Å². The number of carbonyl (C=O) groups is 2. The van der Waals surface area contributed by atoms with Crippen LogP contribution < -0.4 is 5.43 Å². The molecule has 1 aromatic carbocycles. The summed E-state index contributed by atoms with van der Waals surface area (Å²) in [5.41, 5.74) is 1.52. The number of aromatic nitrogens is 1. The molecule has 3 aromatic rings. The number of carboxylic acid groups (broad SMARTS) is 1. The maximum atomic E-state index is 13.0. The molecule has 0 spiro atoms. The minimum Gasteiger partial charge on any atom is -0.481 e. The molecule has 1 atom stereocenters. The SMILES string of the molecule is CCOC(=O)c1cc2c(=O)c3cc(CC)ccc3oc2nc1CC(CC)C(=O)O. The molecule has 0 aliphatic rings. The van der Waals surface area contributed by atoms with Crippen LogP contribution in [0, 0.1) is 5.92 Å². The number of benzene rings is 1. The Morgan fingerprint density at radius 2 is 1.93 bits per heavy atom. The van der Waals surface area contributed by atoms with E-state index in [1.807, 2.05) is 13.0 Å². The molecule has 0 saturated heterocycles. The van der Waals surface area contributed by atoms with E-state index in [9.17, 15) is 19.5 Å². The molecule has 29 heavy (non-hydrogen) atoms. The maximum absolute atomic E-state index is 13.0. The Balaban J connectivity index is 2.27. The molecular weight excluding hydrogens is 374 g/mol. The first-order valence-electron chi connectivity index (χ1n) is 9.68. The maximum Gasteiger partial charge on any atom is 0.340 e. The molecule has 1 unspecified atom stereocenters. The minimum absolute atomic E-state index is 0.0342. The van der Waals surface area contributed by atoms with Gasteiger partial charge in [0, 0.05) is 6.42 Å². The van der Waals surface area contributed by atoms with E-state index >= 15 is 0 Å². The standard InChI is InChI=1S/C22H23NO6/c1-4-12-7-8-18-15(9-12)19(24)16-11-14(22(27)28-6-3)17(23-20(16)29-18)10-13(5-2)21(25)26/h7-9,11,13H,4-6,10H2,1-3H3,(H,25,26). The fraction of sp³-hybridized carbons (Fsp3) is 0.364. The van der Waals surface area contributed by atoms with Crippen LogP contribution in [0.25, 0.3) is 22.1 Å². The number of carboxylic acids is 1. The van der Waals surface area contributed by atoms with Gasteiger partial charge in [-0.25, -0.2) is 9.78 Å². The van der Waals surface area contributed by atoms with Crippen LogP contribution in [0.5, 0.6) is 0 Å². The zero-order valence-electron chi connectivity index (χ0n) is 16.7. The summed E-state index contributed by atoms with van der Waals surface area (Å²) >= 11 is 0. The summed E-state index contributed by atoms with van der Waals surface area (Å²) < 4.78 is 10.9. The first kappa shape index (κ1) is 20.5. The van der Waals surface area contributed by atoms with Crippen molar-refractivity contribution in [3.8, 4) is 0 Å². The van der Waals surface area contributed by atoms with E-state index < -0.39 is 17.9 Å². The highest BCUT2D eigenvalue weighted by Crippen LogP contribution is 2.24. The minimum atomic E-state index is -0.976. The zero-order valence-corrected chi connectivity index (χ0v) is 16.7. The molecule has 0 amide bonds. The number of carbonyl (C=O) groups excluding carboxylic acids is 1. The second-order valence-corrected chi connectivity index (χ2v) is 6.82. The predicted octanol–water partition coefficient (Wildman–Crippen LogP) is 3.73. The summed E-state index contributed by atoms with van der Waals surface area (Å²) in [6.45, 7) is 5.57. The Morgan fingerprint density at radius 1 is 1.17 bits per heavy atom. The van der Waals surface area contributed by atoms with Crippen LogP contribution in [0.3, 0.4) is 0 Å². The highest BCUT2D eigenvalue weighted by Gasteiger charge is 2.24. The number of hydrogen-bond acceptors (Lipinski definition) is 6. The predicted molar refractivity (Wildman–Crippen MR) is 108 cm³/mol. The topological polar surface area (TPSA) is 107 Å². The normalized spacial score (nSPS) is 12.2. The van der Waals surface area contributed by atoms with Crippen LogP contribution in [0.15, 0.2) is 33.5 Å². The smallest absolute Gasteiger partial charge is 0.340 e.